The van der Waals surface area contributed by atoms with Crippen molar-refractivity contribution in [1.29, 1.82) is 0 Å². The zero-order chi connectivity index (χ0) is 18.7. The van der Waals surface area contributed by atoms with E-state index in [9.17, 15) is 13.6 Å². The van der Waals surface area contributed by atoms with Crippen molar-refractivity contribution >= 4 is 27.3 Å². The summed E-state index contributed by atoms with van der Waals surface area (Å²) in [6.45, 7) is -1.21. The quantitative estimate of drug-likeness (QED) is 0.791. The first kappa shape index (κ1) is 18.6. The summed E-state index contributed by atoms with van der Waals surface area (Å²) in [7, 11) is 1.60. The molecular formula is C17H19BrF2N4O2. The van der Waals surface area contributed by atoms with Gasteiger partial charge >= 0.3 is 6.61 Å². The molecule has 0 bridgehead atoms. The Labute approximate surface area is 157 Å². The van der Waals surface area contributed by atoms with E-state index in [0.29, 0.717) is 10.2 Å². The number of ether oxygens (including phenoxy) is 1. The predicted octanol–water partition coefficient (Wildman–Crippen LogP) is 3.23. The van der Waals surface area contributed by atoms with Crippen LogP contribution in [0, 0.1) is 0 Å². The van der Waals surface area contributed by atoms with Gasteiger partial charge in [0.1, 0.15) is 10.2 Å². The van der Waals surface area contributed by atoms with Crippen LogP contribution in [0.1, 0.15) is 12.8 Å². The van der Waals surface area contributed by atoms with Gasteiger partial charge in [-0.1, -0.05) is 0 Å². The fourth-order valence-electron chi connectivity index (χ4n) is 3.00. The molecule has 0 spiro atoms. The van der Waals surface area contributed by atoms with Crippen molar-refractivity contribution in [3.8, 4) is 5.75 Å². The van der Waals surface area contributed by atoms with E-state index >= 15 is 0 Å². The molecule has 6 nitrogen and oxygen atoms in total. The van der Waals surface area contributed by atoms with Crippen LogP contribution in [0.2, 0.25) is 0 Å². The van der Waals surface area contributed by atoms with Gasteiger partial charge < -0.3 is 15.0 Å². The molecule has 0 aliphatic carbocycles. The first-order valence-electron chi connectivity index (χ1n) is 8.22. The molecule has 1 aliphatic rings. The number of aryl methyl sites for hydroxylation is 1. The SMILES string of the molecule is Cn1ncc(NC2CCCN(c3ccc(OC(F)F)cc3)C2)c(Br)c1=O. The Morgan fingerprint density at radius 2 is 2.08 bits per heavy atom. The van der Waals surface area contributed by atoms with Gasteiger partial charge in [0.15, 0.2) is 0 Å². The van der Waals surface area contributed by atoms with Gasteiger partial charge in [-0.25, -0.2) is 4.68 Å². The number of hydrogen-bond acceptors (Lipinski definition) is 5. The van der Waals surface area contributed by atoms with Crippen molar-refractivity contribution in [3.63, 3.8) is 0 Å². The van der Waals surface area contributed by atoms with Gasteiger partial charge in [0.25, 0.3) is 5.56 Å². The topological polar surface area (TPSA) is 59.4 Å². The van der Waals surface area contributed by atoms with E-state index in [-0.39, 0.29) is 17.4 Å². The van der Waals surface area contributed by atoms with E-state index in [1.54, 1.807) is 37.5 Å². The molecule has 140 valence electrons. The summed E-state index contributed by atoms with van der Waals surface area (Å²) in [4.78, 5) is 14.1. The first-order valence-corrected chi connectivity index (χ1v) is 9.01. The lowest BCUT2D eigenvalue weighted by Crippen LogP contribution is -2.42. The van der Waals surface area contributed by atoms with Gasteiger partial charge in [-0.3, -0.25) is 4.79 Å². The molecule has 1 fully saturated rings. The fraction of sp³-hybridized carbons (Fsp3) is 0.412. The smallest absolute Gasteiger partial charge is 0.387 e. The largest absolute Gasteiger partial charge is 0.435 e. The van der Waals surface area contributed by atoms with Gasteiger partial charge in [-0.15, -0.1) is 0 Å². The molecule has 1 aromatic heterocycles. The van der Waals surface area contributed by atoms with Crippen molar-refractivity contribution in [2.24, 2.45) is 7.05 Å². The zero-order valence-corrected chi connectivity index (χ0v) is 15.7. The van der Waals surface area contributed by atoms with Crippen LogP contribution in [0.25, 0.3) is 0 Å². The van der Waals surface area contributed by atoms with E-state index in [0.717, 1.165) is 31.6 Å². The monoisotopic (exact) mass is 428 g/mol. The van der Waals surface area contributed by atoms with Gasteiger partial charge in [-0.05, 0) is 53.0 Å². The Bertz CT molecular complexity index is 813. The standard InChI is InChI=1S/C17H19BrF2N4O2/c1-23-16(25)15(18)14(9-21-23)22-11-3-2-8-24(10-11)12-4-6-13(7-5-12)26-17(19)20/h4-7,9,11,17,22H,2-3,8,10H2,1H3. The van der Waals surface area contributed by atoms with E-state index in [1.165, 1.54) is 4.68 Å². The molecule has 1 N–H and O–H groups in total. The van der Waals surface area contributed by atoms with E-state index < -0.39 is 6.61 Å². The third-order valence-electron chi connectivity index (χ3n) is 4.29. The normalized spacial score (nSPS) is 17.4. The van der Waals surface area contributed by atoms with Crippen LogP contribution in [0.4, 0.5) is 20.2 Å². The molecule has 1 saturated heterocycles. The average molecular weight is 429 g/mol. The fourth-order valence-corrected chi connectivity index (χ4v) is 3.47. The van der Waals surface area contributed by atoms with Crippen LogP contribution in [0.15, 0.2) is 39.7 Å². The lowest BCUT2D eigenvalue weighted by Gasteiger charge is -2.35. The number of rotatable bonds is 5. The molecular weight excluding hydrogens is 410 g/mol. The van der Waals surface area contributed by atoms with Crippen molar-refractivity contribution in [2.75, 3.05) is 23.3 Å². The minimum Gasteiger partial charge on any atom is -0.435 e. The molecule has 1 atom stereocenters. The molecule has 2 aromatic rings. The van der Waals surface area contributed by atoms with Crippen LogP contribution < -0.4 is 20.5 Å². The molecule has 3 rings (SSSR count). The lowest BCUT2D eigenvalue weighted by atomic mass is 10.0. The molecule has 9 heteroatoms. The molecule has 0 radical (unpaired) electrons. The van der Waals surface area contributed by atoms with Crippen molar-refractivity contribution in [1.82, 2.24) is 9.78 Å². The summed E-state index contributed by atoms with van der Waals surface area (Å²) < 4.78 is 30.6. The van der Waals surface area contributed by atoms with E-state index in [1.807, 2.05) is 0 Å². The van der Waals surface area contributed by atoms with Crippen LogP contribution in [-0.4, -0.2) is 35.5 Å². The summed E-state index contributed by atoms with van der Waals surface area (Å²) in [5, 5.41) is 7.40. The molecule has 0 saturated carbocycles. The highest BCUT2D eigenvalue weighted by Gasteiger charge is 2.21. The van der Waals surface area contributed by atoms with E-state index in [2.05, 4.69) is 36.0 Å². The maximum absolute atomic E-state index is 12.2. The van der Waals surface area contributed by atoms with Crippen molar-refractivity contribution in [3.05, 3.63) is 45.3 Å². The summed E-state index contributed by atoms with van der Waals surface area (Å²) in [6, 6.07) is 6.77. The maximum atomic E-state index is 12.2. The number of nitrogens with zero attached hydrogens (tertiary/aromatic N) is 3. The van der Waals surface area contributed by atoms with Crippen molar-refractivity contribution < 1.29 is 13.5 Å². The Balaban J connectivity index is 1.68. The highest BCUT2D eigenvalue weighted by molar-refractivity contribution is 9.10. The number of anilines is 2. The number of alkyl halides is 2. The number of piperidine rings is 1. The summed E-state index contributed by atoms with van der Waals surface area (Å²) in [6.07, 6.45) is 3.56. The Kier molecular flexibility index (Phi) is 5.75. The number of aromatic nitrogens is 2. The first-order chi connectivity index (χ1) is 12.4. The molecule has 2 heterocycles. The Morgan fingerprint density at radius 1 is 1.35 bits per heavy atom. The van der Waals surface area contributed by atoms with Crippen LogP contribution in [0.5, 0.6) is 5.75 Å². The van der Waals surface area contributed by atoms with E-state index in [4.69, 9.17) is 0 Å². The maximum Gasteiger partial charge on any atom is 0.387 e. The van der Waals surface area contributed by atoms with Crippen LogP contribution >= 0.6 is 15.9 Å². The number of benzene rings is 1. The highest BCUT2D eigenvalue weighted by Crippen LogP contribution is 2.26. The van der Waals surface area contributed by atoms with Gasteiger partial charge in [0.05, 0.1) is 11.9 Å². The van der Waals surface area contributed by atoms with Gasteiger partial charge in [0.2, 0.25) is 0 Å². The number of halogens is 3. The predicted molar refractivity (Wildman–Crippen MR) is 99.1 cm³/mol. The number of hydrogen-bond donors (Lipinski definition) is 1. The summed E-state index contributed by atoms with van der Waals surface area (Å²) in [5.41, 5.74) is 1.41. The molecule has 0 amide bonds. The molecule has 1 aliphatic heterocycles. The third kappa shape index (κ3) is 4.32. The molecule has 1 aromatic carbocycles. The second-order valence-corrected chi connectivity index (χ2v) is 6.90. The summed E-state index contributed by atoms with van der Waals surface area (Å²) in [5.74, 6) is 0.144. The minimum atomic E-state index is -2.82. The second kappa shape index (κ2) is 8.03. The highest BCUT2D eigenvalue weighted by atomic mass is 79.9. The zero-order valence-electron chi connectivity index (χ0n) is 14.2. The number of nitrogens with one attached hydrogen (secondary N) is 1. The van der Waals surface area contributed by atoms with Crippen molar-refractivity contribution in [2.45, 2.75) is 25.5 Å². The molecule has 26 heavy (non-hydrogen) atoms. The minimum absolute atomic E-state index is 0.144. The summed E-state index contributed by atoms with van der Waals surface area (Å²) >= 11 is 3.32. The lowest BCUT2D eigenvalue weighted by molar-refractivity contribution is -0.0498. The second-order valence-electron chi connectivity index (χ2n) is 6.10. The van der Waals surface area contributed by atoms with Crippen LogP contribution in [-0.2, 0) is 7.05 Å². The van der Waals surface area contributed by atoms with Gasteiger partial charge in [0, 0.05) is 31.9 Å². The van der Waals surface area contributed by atoms with Gasteiger partial charge in [-0.2, -0.15) is 13.9 Å². The molecule has 1 unspecified atom stereocenters. The Hall–Kier alpha value is -2.16. The third-order valence-corrected chi connectivity index (χ3v) is 5.05. The van der Waals surface area contributed by atoms with Crippen LogP contribution in [0.3, 0.4) is 0 Å². The average Bonchev–Trinajstić information content (AvgIpc) is 2.63. The Morgan fingerprint density at radius 3 is 2.77 bits per heavy atom.